The number of rotatable bonds is 3. The van der Waals surface area contributed by atoms with Gasteiger partial charge >= 0.3 is 12.1 Å². The Morgan fingerprint density at radius 3 is 2.48 bits per heavy atom. The number of ether oxygens (including phenoxy) is 1. The van der Waals surface area contributed by atoms with Crippen LogP contribution in [0.1, 0.15) is 32.4 Å². The Bertz CT molecular complexity index is 850. The van der Waals surface area contributed by atoms with Crippen molar-refractivity contribution in [3.8, 4) is 0 Å². The fraction of sp³-hybridized carbons (Fsp3) is 0.474. The second kappa shape index (κ2) is 7.52. The quantitative estimate of drug-likeness (QED) is 0.765. The molecule has 1 atom stereocenters. The minimum atomic E-state index is -0.899. The van der Waals surface area contributed by atoms with Crippen molar-refractivity contribution in [2.75, 3.05) is 26.2 Å². The highest BCUT2D eigenvalue weighted by molar-refractivity contribution is 9.10. The zero-order chi connectivity index (χ0) is 19.8. The summed E-state index contributed by atoms with van der Waals surface area (Å²) in [4.78, 5) is 30.9. The Morgan fingerprint density at radius 2 is 1.89 bits per heavy atom. The summed E-state index contributed by atoms with van der Waals surface area (Å²) in [6, 6.07) is 4.98. The number of aromatic nitrogens is 1. The van der Waals surface area contributed by atoms with Crippen LogP contribution in [0.3, 0.4) is 0 Å². The minimum Gasteiger partial charge on any atom is -0.480 e. The predicted molar refractivity (Wildman–Crippen MR) is 106 cm³/mol. The van der Waals surface area contributed by atoms with Crippen LogP contribution in [0.15, 0.2) is 28.9 Å². The third-order valence-corrected chi connectivity index (χ3v) is 5.03. The summed E-state index contributed by atoms with van der Waals surface area (Å²) in [7, 11) is 0. The number of carbonyl (C=O) groups is 2. The van der Waals surface area contributed by atoms with Crippen molar-refractivity contribution in [2.45, 2.75) is 32.4 Å². The molecule has 1 saturated heterocycles. The molecule has 2 heterocycles. The van der Waals surface area contributed by atoms with Gasteiger partial charge in [0.1, 0.15) is 11.6 Å². The number of carboxylic acids is 1. The molecule has 1 fully saturated rings. The zero-order valence-electron chi connectivity index (χ0n) is 15.7. The Hall–Kier alpha value is -2.06. The Kier molecular flexibility index (Phi) is 5.48. The maximum Gasteiger partial charge on any atom is 0.410 e. The van der Waals surface area contributed by atoms with Crippen LogP contribution in [0.2, 0.25) is 0 Å². The molecule has 1 aliphatic heterocycles. The van der Waals surface area contributed by atoms with Crippen LogP contribution in [0.25, 0.3) is 10.9 Å². The molecule has 0 saturated carbocycles. The number of piperazine rings is 1. The monoisotopic (exact) mass is 437 g/mol. The van der Waals surface area contributed by atoms with Crippen LogP contribution < -0.4 is 0 Å². The van der Waals surface area contributed by atoms with Gasteiger partial charge in [0, 0.05) is 53.3 Å². The lowest BCUT2D eigenvalue weighted by molar-refractivity contribution is -0.144. The van der Waals surface area contributed by atoms with E-state index < -0.39 is 17.6 Å². The molecule has 8 heteroatoms. The minimum absolute atomic E-state index is 0.356. The van der Waals surface area contributed by atoms with Gasteiger partial charge < -0.3 is 19.7 Å². The Balaban J connectivity index is 1.76. The molecule has 0 radical (unpaired) electrons. The molecule has 27 heavy (non-hydrogen) atoms. The normalized spacial score (nSPS) is 17.1. The van der Waals surface area contributed by atoms with Crippen molar-refractivity contribution in [1.29, 1.82) is 0 Å². The first-order valence-corrected chi connectivity index (χ1v) is 9.66. The number of hydrogen-bond donors (Lipinski definition) is 2. The summed E-state index contributed by atoms with van der Waals surface area (Å²) in [6.45, 7) is 7.31. The van der Waals surface area contributed by atoms with Crippen molar-refractivity contribution in [3.05, 3.63) is 34.4 Å². The third kappa shape index (κ3) is 4.44. The number of H-pyrrole nitrogens is 1. The lowest BCUT2D eigenvalue weighted by Gasteiger charge is -2.38. The summed E-state index contributed by atoms with van der Waals surface area (Å²) in [6.07, 6.45) is 1.40. The average molecular weight is 438 g/mol. The molecule has 1 aromatic heterocycles. The van der Waals surface area contributed by atoms with E-state index in [0.717, 1.165) is 20.9 Å². The highest BCUT2D eigenvalue weighted by Crippen LogP contribution is 2.31. The number of carbonyl (C=O) groups excluding carboxylic acids is 1. The molecule has 0 bridgehead atoms. The van der Waals surface area contributed by atoms with Gasteiger partial charge in [-0.25, -0.2) is 4.79 Å². The first-order chi connectivity index (χ1) is 12.7. The summed E-state index contributed by atoms with van der Waals surface area (Å²) in [5, 5.41) is 10.8. The van der Waals surface area contributed by atoms with Gasteiger partial charge in [-0.3, -0.25) is 9.69 Å². The van der Waals surface area contributed by atoms with Gasteiger partial charge in [0.15, 0.2) is 0 Å². The SMILES string of the molecule is CC(C)(C)OC(=O)N1CCN(C(C(=O)O)c2c[nH]c3cc(Br)ccc23)CC1. The molecule has 1 aliphatic rings. The number of hydrogen-bond acceptors (Lipinski definition) is 4. The maximum atomic E-state index is 12.2. The average Bonchev–Trinajstić information content (AvgIpc) is 2.96. The number of benzene rings is 1. The van der Waals surface area contributed by atoms with Crippen LogP contribution in [-0.4, -0.2) is 63.7 Å². The number of aromatic amines is 1. The number of amides is 1. The summed E-state index contributed by atoms with van der Waals surface area (Å²) in [5.41, 5.74) is 1.07. The van der Waals surface area contributed by atoms with E-state index in [4.69, 9.17) is 4.74 Å². The smallest absolute Gasteiger partial charge is 0.410 e. The van der Waals surface area contributed by atoms with Crippen LogP contribution in [0.4, 0.5) is 4.79 Å². The summed E-state index contributed by atoms with van der Waals surface area (Å²) in [5.74, 6) is -0.899. The summed E-state index contributed by atoms with van der Waals surface area (Å²) >= 11 is 3.43. The van der Waals surface area contributed by atoms with Gasteiger partial charge in [0.2, 0.25) is 0 Å². The van der Waals surface area contributed by atoms with Crippen LogP contribution in [0.5, 0.6) is 0 Å². The van der Waals surface area contributed by atoms with Gasteiger partial charge in [-0.05, 0) is 32.9 Å². The Morgan fingerprint density at radius 1 is 1.22 bits per heavy atom. The fourth-order valence-electron chi connectivity index (χ4n) is 3.32. The number of nitrogens with one attached hydrogen (secondary N) is 1. The van der Waals surface area contributed by atoms with Gasteiger partial charge in [-0.1, -0.05) is 22.0 Å². The molecular weight excluding hydrogens is 414 g/mol. The molecule has 2 N–H and O–H groups in total. The molecule has 0 spiro atoms. The van der Waals surface area contributed by atoms with Crippen LogP contribution in [0, 0.1) is 0 Å². The summed E-state index contributed by atoms with van der Waals surface area (Å²) < 4.78 is 6.34. The molecule has 146 valence electrons. The van der Waals surface area contributed by atoms with E-state index in [1.165, 1.54) is 0 Å². The largest absolute Gasteiger partial charge is 0.480 e. The highest BCUT2D eigenvalue weighted by atomic mass is 79.9. The van der Waals surface area contributed by atoms with E-state index >= 15 is 0 Å². The fourth-order valence-corrected chi connectivity index (χ4v) is 3.68. The van der Waals surface area contributed by atoms with E-state index in [1.807, 2.05) is 43.9 Å². The molecule has 1 amide bonds. The van der Waals surface area contributed by atoms with Crippen LogP contribution in [-0.2, 0) is 9.53 Å². The van der Waals surface area contributed by atoms with Crippen LogP contribution >= 0.6 is 15.9 Å². The van der Waals surface area contributed by atoms with E-state index in [1.54, 1.807) is 11.1 Å². The van der Waals surface area contributed by atoms with Crippen molar-refractivity contribution in [2.24, 2.45) is 0 Å². The lowest BCUT2D eigenvalue weighted by atomic mass is 10.0. The van der Waals surface area contributed by atoms with E-state index in [-0.39, 0.29) is 6.09 Å². The van der Waals surface area contributed by atoms with Crippen molar-refractivity contribution in [1.82, 2.24) is 14.8 Å². The van der Waals surface area contributed by atoms with E-state index in [0.29, 0.717) is 26.2 Å². The van der Waals surface area contributed by atoms with Crippen molar-refractivity contribution >= 4 is 38.9 Å². The molecule has 7 nitrogen and oxygen atoms in total. The predicted octanol–water partition coefficient (Wildman–Crippen LogP) is 3.61. The number of aliphatic carboxylic acids is 1. The Labute approximate surface area is 166 Å². The molecular formula is C19H24BrN3O4. The van der Waals surface area contributed by atoms with E-state index in [9.17, 15) is 14.7 Å². The van der Waals surface area contributed by atoms with Gasteiger partial charge in [0.25, 0.3) is 0 Å². The van der Waals surface area contributed by atoms with E-state index in [2.05, 4.69) is 20.9 Å². The number of fused-ring (bicyclic) bond motifs is 1. The number of nitrogens with zero attached hydrogens (tertiary/aromatic N) is 2. The third-order valence-electron chi connectivity index (χ3n) is 4.54. The standard InChI is InChI=1S/C19H24BrN3O4/c1-19(2,3)27-18(26)23-8-6-22(7-9-23)16(17(24)25)14-11-21-15-10-12(20)4-5-13(14)15/h4-5,10-11,16,21H,6-9H2,1-3H3,(H,24,25). The van der Waals surface area contributed by atoms with Gasteiger partial charge in [-0.15, -0.1) is 0 Å². The lowest BCUT2D eigenvalue weighted by Crippen LogP contribution is -2.51. The number of halogens is 1. The first kappa shape index (κ1) is 19.7. The van der Waals surface area contributed by atoms with Gasteiger partial charge in [0.05, 0.1) is 0 Å². The zero-order valence-corrected chi connectivity index (χ0v) is 17.2. The second-order valence-electron chi connectivity index (χ2n) is 7.68. The first-order valence-electron chi connectivity index (χ1n) is 8.87. The second-order valence-corrected chi connectivity index (χ2v) is 8.59. The molecule has 1 aromatic carbocycles. The molecule has 3 rings (SSSR count). The maximum absolute atomic E-state index is 12.2. The van der Waals surface area contributed by atoms with Gasteiger partial charge in [-0.2, -0.15) is 0 Å². The number of carboxylic acid groups (broad SMARTS) is 1. The molecule has 0 aliphatic carbocycles. The van der Waals surface area contributed by atoms with Crippen molar-refractivity contribution in [3.63, 3.8) is 0 Å². The molecule has 2 aromatic rings. The topological polar surface area (TPSA) is 85.9 Å². The molecule has 1 unspecified atom stereocenters. The highest BCUT2D eigenvalue weighted by Gasteiger charge is 2.34. The van der Waals surface area contributed by atoms with Crippen molar-refractivity contribution < 1.29 is 19.4 Å².